The molecule has 0 saturated heterocycles. The van der Waals surface area contributed by atoms with Gasteiger partial charge in [-0.3, -0.25) is 4.79 Å². The van der Waals surface area contributed by atoms with E-state index in [0.717, 1.165) is 25.7 Å². The highest BCUT2D eigenvalue weighted by atomic mass is 16.5. The van der Waals surface area contributed by atoms with Gasteiger partial charge in [-0.2, -0.15) is 0 Å². The van der Waals surface area contributed by atoms with Gasteiger partial charge < -0.3 is 9.47 Å². The van der Waals surface area contributed by atoms with E-state index in [9.17, 15) is 4.79 Å². The maximum Gasteiger partial charge on any atom is 0.311 e. The third kappa shape index (κ3) is 22.1. The fourth-order valence-corrected chi connectivity index (χ4v) is 5.00. The highest BCUT2D eigenvalue weighted by Crippen LogP contribution is 2.23. The van der Waals surface area contributed by atoms with Crippen molar-refractivity contribution < 1.29 is 14.3 Å². The molecular formula is C32H62O3. The van der Waals surface area contributed by atoms with Crippen molar-refractivity contribution in [2.24, 2.45) is 5.92 Å². The van der Waals surface area contributed by atoms with Gasteiger partial charge in [-0.05, 0) is 38.5 Å². The monoisotopic (exact) mass is 494 g/mol. The molecule has 0 aromatic heterocycles. The van der Waals surface area contributed by atoms with Crippen molar-refractivity contribution in [3.63, 3.8) is 0 Å². The molecule has 0 N–H and O–H groups in total. The van der Waals surface area contributed by atoms with E-state index >= 15 is 0 Å². The largest absolute Gasteiger partial charge is 0.469 e. The lowest BCUT2D eigenvalue weighted by Gasteiger charge is -2.24. The van der Waals surface area contributed by atoms with Crippen LogP contribution in [0.25, 0.3) is 0 Å². The first-order chi connectivity index (χ1) is 17.2. The highest BCUT2D eigenvalue weighted by Gasteiger charge is 2.28. The number of carbonyl (C=O) groups is 1. The molecule has 0 aliphatic rings. The number of allylic oxidation sites excluding steroid dienone is 2. The van der Waals surface area contributed by atoms with Crippen LogP contribution < -0.4 is 0 Å². The Bertz CT molecular complexity index is 460. The second-order valence-corrected chi connectivity index (χ2v) is 10.5. The molecule has 0 unspecified atom stereocenters. The molecule has 208 valence electrons. The van der Waals surface area contributed by atoms with Gasteiger partial charge in [0, 0.05) is 7.11 Å². The van der Waals surface area contributed by atoms with Gasteiger partial charge in [0.1, 0.15) is 0 Å². The summed E-state index contributed by atoms with van der Waals surface area (Å²) in [6.07, 6.45) is 33.9. The van der Waals surface area contributed by atoms with Crippen LogP contribution in [0.4, 0.5) is 0 Å². The summed E-state index contributed by atoms with van der Waals surface area (Å²) in [6.45, 7) is 4.54. The van der Waals surface area contributed by atoms with Gasteiger partial charge in [0.15, 0.2) is 0 Å². The fraction of sp³-hybridized carbons (Fsp3) is 0.906. The number of hydrogen-bond donors (Lipinski definition) is 0. The SMILES string of the molecule is CCCCCC/C=C\CCCCCCC[C@H](OC)[C@H](CCCCCCCCCCCC)C(=O)OC. The lowest BCUT2D eigenvalue weighted by molar-refractivity contribution is -0.151. The summed E-state index contributed by atoms with van der Waals surface area (Å²) in [5.74, 6) is -0.198. The number of esters is 1. The number of methoxy groups -OCH3 is 2. The number of carbonyl (C=O) groups excluding carboxylic acids is 1. The summed E-state index contributed by atoms with van der Waals surface area (Å²) in [7, 11) is 3.27. The molecular weight excluding hydrogens is 432 g/mol. The molecule has 0 heterocycles. The molecule has 0 aliphatic heterocycles. The molecule has 0 amide bonds. The van der Waals surface area contributed by atoms with Gasteiger partial charge in [0.05, 0.1) is 19.1 Å². The summed E-state index contributed by atoms with van der Waals surface area (Å²) in [6, 6.07) is 0. The maximum absolute atomic E-state index is 12.4. The summed E-state index contributed by atoms with van der Waals surface area (Å²) in [4.78, 5) is 12.4. The zero-order valence-corrected chi connectivity index (χ0v) is 24.3. The van der Waals surface area contributed by atoms with E-state index < -0.39 is 0 Å². The zero-order chi connectivity index (χ0) is 25.8. The van der Waals surface area contributed by atoms with E-state index in [1.807, 2.05) is 0 Å². The van der Waals surface area contributed by atoms with Crippen LogP contribution in [0.3, 0.4) is 0 Å². The quantitative estimate of drug-likeness (QED) is 0.0647. The Hall–Kier alpha value is -0.830. The normalized spacial score (nSPS) is 13.4. The van der Waals surface area contributed by atoms with Crippen LogP contribution in [0.15, 0.2) is 12.2 Å². The van der Waals surface area contributed by atoms with Crippen LogP contribution in [-0.2, 0) is 14.3 Å². The molecule has 0 radical (unpaired) electrons. The van der Waals surface area contributed by atoms with Crippen LogP contribution in [-0.4, -0.2) is 26.3 Å². The summed E-state index contributed by atoms with van der Waals surface area (Å²) in [5, 5.41) is 0. The first-order valence-corrected chi connectivity index (χ1v) is 15.5. The topological polar surface area (TPSA) is 35.5 Å². The zero-order valence-electron chi connectivity index (χ0n) is 24.3. The van der Waals surface area contributed by atoms with E-state index in [2.05, 4.69) is 26.0 Å². The van der Waals surface area contributed by atoms with E-state index in [4.69, 9.17) is 9.47 Å². The van der Waals surface area contributed by atoms with Crippen molar-refractivity contribution in [1.29, 1.82) is 0 Å². The lowest BCUT2D eigenvalue weighted by atomic mass is 9.91. The van der Waals surface area contributed by atoms with Crippen molar-refractivity contribution in [3.05, 3.63) is 12.2 Å². The average molecular weight is 495 g/mol. The summed E-state index contributed by atoms with van der Waals surface area (Å²) < 4.78 is 10.9. The number of hydrogen-bond acceptors (Lipinski definition) is 3. The predicted octanol–water partition coefficient (Wildman–Crippen LogP) is 10.4. The van der Waals surface area contributed by atoms with Gasteiger partial charge in [-0.1, -0.05) is 135 Å². The minimum atomic E-state index is -0.110. The van der Waals surface area contributed by atoms with Gasteiger partial charge in [-0.25, -0.2) is 0 Å². The molecule has 0 saturated carbocycles. The standard InChI is InChI=1S/C32H62O3/c1-5-7-9-11-13-15-17-18-19-21-23-25-27-29-31(34-3)30(32(33)35-4)28-26-24-22-20-16-14-12-10-8-6-2/h15,17,30-31H,5-14,16,18-29H2,1-4H3/b17-15-/t30-,31-/m0/s1. The first-order valence-electron chi connectivity index (χ1n) is 15.5. The predicted molar refractivity (Wildman–Crippen MR) is 153 cm³/mol. The van der Waals surface area contributed by atoms with Crippen molar-refractivity contribution in [1.82, 2.24) is 0 Å². The molecule has 0 fully saturated rings. The van der Waals surface area contributed by atoms with Crippen LogP contribution in [0.1, 0.15) is 162 Å². The Morgan fingerprint density at radius 2 is 0.971 bits per heavy atom. The molecule has 0 aromatic rings. The Balaban J connectivity index is 3.91. The fourth-order valence-electron chi connectivity index (χ4n) is 5.00. The minimum Gasteiger partial charge on any atom is -0.469 e. The Morgan fingerprint density at radius 3 is 1.43 bits per heavy atom. The first kappa shape index (κ1) is 34.2. The Morgan fingerprint density at radius 1 is 0.571 bits per heavy atom. The second-order valence-electron chi connectivity index (χ2n) is 10.5. The van der Waals surface area contributed by atoms with Gasteiger partial charge in [0.25, 0.3) is 0 Å². The Labute approximate surface area is 220 Å². The number of unbranched alkanes of at least 4 members (excludes halogenated alkanes) is 18. The van der Waals surface area contributed by atoms with Crippen LogP contribution in [0.5, 0.6) is 0 Å². The molecule has 3 nitrogen and oxygen atoms in total. The van der Waals surface area contributed by atoms with Crippen LogP contribution >= 0.6 is 0 Å². The lowest BCUT2D eigenvalue weighted by Crippen LogP contribution is -2.31. The Kier molecular flexibility index (Phi) is 27.1. The molecule has 3 heteroatoms. The van der Waals surface area contributed by atoms with E-state index in [-0.39, 0.29) is 18.0 Å². The molecule has 0 rings (SSSR count). The van der Waals surface area contributed by atoms with Crippen molar-refractivity contribution >= 4 is 5.97 Å². The third-order valence-corrected chi connectivity index (χ3v) is 7.37. The van der Waals surface area contributed by atoms with Gasteiger partial charge in [-0.15, -0.1) is 0 Å². The van der Waals surface area contributed by atoms with E-state index in [1.165, 1.54) is 129 Å². The molecule has 0 bridgehead atoms. The molecule has 0 aliphatic carbocycles. The number of ether oxygens (including phenoxy) is 2. The molecule has 35 heavy (non-hydrogen) atoms. The smallest absolute Gasteiger partial charge is 0.311 e. The highest BCUT2D eigenvalue weighted by molar-refractivity contribution is 5.72. The third-order valence-electron chi connectivity index (χ3n) is 7.37. The summed E-state index contributed by atoms with van der Waals surface area (Å²) in [5.41, 5.74) is 0. The van der Waals surface area contributed by atoms with Gasteiger partial charge >= 0.3 is 5.97 Å². The van der Waals surface area contributed by atoms with Crippen molar-refractivity contribution in [3.8, 4) is 0 Å². The molecule has 2 atom stereocenters. The maximum atomic E-state index is 12.4. The summed E-state index contributed by atoms with van der Waals surface area (Å²) >= 11 is 0. The van der Waals surface area contributed by atoms with Crippen molar-refractivity contribution in [2.45, 2.75) is 168 Å². The minimum absolute atomic E-state index is 0.00310. The van der Waals surface area contributed by atoms with Crippen LogP contribution in [0, 0.1) is 5.92 Å². The van der Waals surface area contributed by atoms with E-state index in [0.29, 0.717) is 0 Å². The second kappa shape index (κ2) is 27.8. The van der Waals surface area contributed by atoms with Crippen molar-refractivity contribution in [2.75, 3.05) is 14.2 Å². The average Bonchev–Trinajstić information content (AvgIpc) is 2.88. The van der Waals surface area contributed by atoms with E-state index in [1.54, 1.807) is 7.11 Å². The van der Waals surface area contributed by atoms with Crippen LogP contribution in [0.2, 0.25) is 0 Å². The number of rotatable bonds is 27. The molecule has 0 spiro atoms. The van der Waals surface area contributed by atoms with Gasteiger partial charge in [0.2, 0.25) is 0 Å². The molecule has 0 aromatic carbocycles.